The summed E-state index contributed by atoms with van der Waals surface area (Å²) >= 11 is 0. The molecule has 0 radical (unpaired) electrons. The molecule has 168 valence electrons. The summed E-state index contributed by atoms with van der Waals surface area (Å²) in [4.78, 5) is 18.0. The van der Waals surface area contributed by atoms with Gasteiger partial charge >= 0.3 is 6.61 Å². The topological polar surface area (TPSA) is 69.8 Å². The molecule has 0 saturated heterocycles. The van der Waals surface area contributed by atoms with Crippen molar-refractivity contribution in [1.29, 1.82) is 0 Å². The van der Waals surface area contributed by atoms with Gasteiger partial charge in [0.1, 0.15) is 23.4 Å². The number of hydrogen-bond acceptors (Lipinski definition) is 5. The third-order valence-electron chi connectivity index (χ3n) is 5.33. The fourth-order valence-corrected chi connectivity index (χ4v) is 3.87. The largest absolute Gasteiger partial charge is 0.435 e. The van der Waals surface area contributed by atoms with E-state index in [-0.39, 0.29) is 11.3 Å². The number of pyridine rings is 2. The van der Waals surface area contributed by atoms with E-state index in [1.807, 2.05) is 54.1 Å². The molecule has 1 aromatic carbocycles. The highest BCUT2D eigenvalue weighted by Gasteiger charge is 2.21. The van der Waals surface area contributed by atoms with Crippen LogP contribution in [-0.2, 0) is 4.74 Å². The molecule has 7 nitrogen and oxygen atoms in total. The lowest BCUT2D eigenvalue weighted by atomic mass is 10.0. The van der Waals surface area contributed by atoms with Crippen molar-refractivity contribution in [2.45, 2.75) is 19.8 Å². The number of ether oxygens (including phenoxy) is 2. The first-order valence-electron chi connectivity index (χ1n) is 10.4. The number of benzene rings is 1. The van der Waals surface area contributed by atoms with Crippen molar-refractivity contribution < 1.29 is 18.3 Å². The summed E-state index contributed by atoms with van der Waals surface area (Å²) in [5.74, 6) is 0.563. The first kappa shape index (κ1) is 20.9. The average Bonchev–Trinajstić information content (AvgIpc) is 3.27. The number of fused-ring (bicyclic) bond motifs is 2. The van der Waals surface area contributed by atoms with E-state index in [4.69, 9.17) is 4.74 Å². The molecule has 1 N–H and O–H groups in total. The van der Waals surface area contributed by atoms with Crippen LogP contribution in [0.25, 0.3) is 28.5 Å². The summed E-state index contributed by atoms with van der Waals surface area (Å²) in [5, 5.41) is 3.24. The smallest absolute Gasteiger partial charge is 0.387 e. The molecule has 1 atom stereocenters. The number of halogens is 2. The third kappa shape index (κ3) is 3.98. The molecule has 4 aromatic rings. The zero-order chi connectivity index (χ0) is 22.9. The highest BCUT2D eigenvalue weighted by Crippen LogP contribution is 2.30. The molecule has 1 aliphatic heterocycles. The Hall–Kier alpha value is -3.98. The van der Waals surface area contributed by atoms with Gasteiger partial charge in [0.2, 0.25) is 0 Å². The van der Waals surface area contributed by atoms with E-state index in [2.05, 4.69) is 15.0 Å². The fraction of sp³-hybridized carbons (Fsp3) is 0.167. The molecule has 9 heteroatoms. The molecule has 1 aliphatic rings. The predicted molar refractivity (Wildman–Crippen MR) is 121 cm³/mol. The molecule has 0 saturated carbocycles. The Bertz CT molecular complexity index is 1390. The zero-order valence-corrected chi connectivity index (χ0v) is 17.6. The normalized spacial score (nSPS) is 15.0. The molecule has 0 amide bonds. The second-order valence-electron chi connectivity index (χ2n) is 7.36. The molecule has 0 spiro atoms. The number of hydrogen-bond donors (Lipinski definition) is 1. The predicted octanol–water partition coefficient (Wildman–Crippen LogP) is 4.55. The van der Waals surface area contributed by atoms with Gasteiger partial charge in [0, 0.05) is 41.9 Å². The second kappa shape index (κ2) is 8.51. The van der Waals surface area contributed by atoms with Gasteiger partial charge in [-0.2, -0.15) is 8.78 Å². The van der Waals surface area contributed by atoms with E-state index in [0.29, 0.717) is 23.7 Å². The molecule has 4 heterocycles. The number of imidazole rings is 1. The zero-order valence-electron chi connectivity index (χ0n) is 17.6. The second-order valence-corrected chi connectivity index (χ2v) is 7.36. The molecular formula is C24H20F2N4O3. The van der Waals surface area contributed by atoms with Crippen LogP contribution in [0.2, 0.25) is 0 Å². The Labute approximate surface area is 187 Å². The molecule has 5 rings (SSSR count). The maximum absolute atomic E-state index is 13.7. The van der Waals surface area contributed by atoms with Crippen molar-refractivity contribution in [2.75, 3.05) is 11.9 Å². The van der Waals surface area contributed by atoms with Gasteiger partial charge in [0.15, 0.2) is 0 Å². The summed E-state index contributed by atoms with van der Waals surface area (Å²) in [6, 6.07) is 11.5. The van der Waals surface area contributed by atoms with E-state index < -0.39 is 12.8 Å². The van der Waals surface area contributed by atoms with Gasteiger partial charge in [-0.05, 0) is 55.5 Å². The van der Waals surface area contributed by atoms with Crippen molar-refractivity contribution in [1.82, 2.24) is 14.0 Å². The van der Waals surface area contributed by atoms with Crippen molar-refractivity contribution in [3.63, 3.8) is 0 Å². The van der Waals surface area contributed by atoms with E-state index in [1.54, 1.807) is 18.3 Å². The highest BCUT2D eigenvalue weighted by molar-refractivity contribution is 5.76. The number of alkyl halides is 2. The van der Waals surface area contributed by atoms with Gasteiger partial charge in [-0.15, -0.1) is 0 Å². The minimum atomic E-state index is -2.92. The summed E-state index contributed by atoms with van der Waals surface area (Å²) < 4.78 is 38.6. The van der Waals surface area contributed by atoms with E-state index in [9.17, 15) is 13.6 Å². The van der Waals surface area contributed by atoms with Crippen molar-refractivity contribution >= 4 is 17.5 Å². The lowest BCUT2D eigenvalue weighted by molar-refractivity contribution is -0.0498. The van der Waals surface area contributed by atoms with Gasteiger partial charge in [-0.3, -0.25) is 9.36 Å². The van der Waals surface area contributed by atoms with Crippen molar-refractivity contribution in [3.05, 3.63) is 83.0 Å². The Kier molecular flexibility index (Phi) is 5.39. The first-order valence-corrected chi connectivity index (χ1v) is 10.4. The SMILES string of the molecule is CCOC1C=Cc2cc(-c3ccc4nccn4c3)c(=O)n(-c3ccc(OC(F)F)cc3)c2N1. The van der Waals surface area contributed by atoms with Gasteiger partial charge in [-0.25, -0.2) is 4.98 Å². The van der Waals surface area contributed by atoms with E-state index in [1.165, 1.54) is 16.7 Å². The Balaban J connectivity index is 1.68. The van der Waals surface area contributed by atoms with Crippen molar-refractivity contribution in [2.24, 2.45) is 0 Å². The van der Waals surface area contributed by atoms with Crippen LogP contribution in [-0.4, -0.2) is 33.4 Å². The molecule has 1 unspecified atom stereocenters. The minimum Gasteiger partial charge on any atom is -0.435 e. The van der Waals surface area contributed by atoms with Crippen LogP contribution in [0.3, 0.4) is 0 Å². The van der Waals surface area contributed by atoms with Gasteiger partial charge in [0.25, 0.3) is 5.56 Å². The van der Waals surface area contributed by atoms with E-state index >= 15 is 0 Å². The number of nitrogens with zero attached hydrogens (tertiary/aromatic N) is 3. The number of rotatable bonds is 6. The number of nitrogens with one attached hydrogen (secondary N) is 1. The lowest BCUT2D eigenvalue weighted by Crippen LogP contribution is -2.31. The standard InChI is InChI=1S/C24H20F2N4O3/c1-2-32-21-10-4-15-13-19(16-3-9-20-27-11-12-29(20)14-16)23(31)30(22(15)28-21)17-5-7-18(8-6-17)33-24(25)26/h3-14,21,24,28H,2H2,1H3. The van der Waals surface area contributed by atoms with Crippen LogP contribution < -0.4 is 15.6 Å². The summed E-state index contributed by atoms with van der Waals surface area (Å²) in [5.41, 5.74) is 3.00. The highest BCUT2D eigenvalue weighted by atomic mass is 19.3. The molecule has 0 bridgehead atoms. The maximum Gasteiger partial charge on any atom is 0.387 e. The van der Waals surface area contributed by atoms with Gasteiger partial charge in [0.05, 0.1) is 5.69 Å². The fourth-order valence-electron chi connectivity index (χ4n) is 3.87. The van der Waals surface area contributed by atoms with Gasteiger partial charge in [-0.1, -0.05) is 6.08 Å². The van der Waals surface area contributed by atoms with E-state index in [0.717, 1.165) is 16.8 Å². The Morgan fingerprint density at radius 1 is 1.18 bits per heavy atom. The van der Waals surface area contributed by atoms with Crippen LogP contribution >= 0.6 is 0 Å². The summed E-state index contributed by atoms with van der Waals surface area (Å²) in [6.07, 6.45) is 8.72. The van der Waals surface area contributed by atoms with Crippen LogP contribution in [0, 0.1) is 0 Å². The van der Waals surface area contributed by atoms with Crippen LogP contribution in [0.15, 0.2) is 71.9 Å². The summed E-state index contributed by atoms with van der Waals surface area (Å²) in [7, 11) is 0. The van der Waals surface area contributed by atoms with Crippen LogP contribution in [0.1, 0.15) is 12.5 Å². The van der Waals surface area contributed by atoms with Crippen LogP contribution in [0.4, 0.5) is 14.6 Å². The molecular weight excluding hydrogens is 430 g/mol. The molecule has 0 fully saturated rings. The average molecular weight is 450 g/mol. The quantitative estimate of drug-likeness (QED) is 0.467. The lowest BCUT2D eigenvalue weighted by Gasteiger charge is -2.26. The number of aromatic nitrogens is 3. The minimum absolute atomic E-state index is 0.0115. The molecule has 0 aliphatic carbocycles. The molecule has 3 aromatic heterocycles. The Morgan fingerprint density at radius 2 is 2.00 bits per heavy atom. The first-order chi connectivity index (χ1) is 16.0. The maximum atomic E-state index is 13.7. The number of anilines is 1. The van der Waals surface area contributed by atoms with Gasteiger partial charge < -0.3 is 19.2 Å². The monoisotopic (exact) mass is 450 g/mol. The summed E-state index contributed by atoms with van der Waals surface area (Å²) in [6.45, 7) is -0.550. The van der Waals surface area contributed by atoms with Crippen molar-refractivity contribution in [3.8, 4) is 22.6 Å². The van der Waals surface area contributed by atoms with Crippen LogP contribution in [0.5, 0.6) is 5.75 Å². The molecule has 33 heavy (non-hydrogen) atoms. The Morgan fingerprint density at radius 3 is 2.76 bits per heavy atom. The third-order valence-corrected chi connectivity index (χ3v) is 5.33.